The molecular formula is C27H36F6O. The van der Waals surface area contributed by atoms with Gasteiger partial charge in [0, 0.05) is 0 Å². The topological polar surface area (TPSA) is 9.23 Å². The van der Waals surface area contributed by atoms with Crippen LogP contribution in [0.4, 0.5) is 26.3 Å². The van der Waals surface area contributed by atoms with Crippen molar-refractivity contribution in [2.45, 2.75) is 96.0 Å². The van der Waals surface area contributed by atoms with Crippen molar-refractivity contribution >= 4 is 6.08 Å². The minimum Gasteiger partial charge on any atom is -0.430 e. The van der Waals surface area contributed by atoms with Gasteiger partial charge in [-0.15, -0.1) is 0 Å². The number of alkyl halides is 6. The minimum atomic E-state index is -5.70. The fourth-order valence-corrected chi connectivity index (χ4v) is 5.54. The summed E-state index contributed by atoms with van der Waals surface area (Å²) in [6.45, 7) is 2.26. The zero-order valence-corrected chi connectivity index (χ0v) is 19.8. The van der Waals surface area contributed by atoms with Crippen molar-refractivity contribution in [1.82, 2.24) is 0 Å². The molecule has 1 atom stereocenters. The predicted molar refractivity (Wildman–Crippen MR) is 122 cm³/mol. The van der Waals surface area contributed by atoms with Crippen LogP contribution >= 0.6 is 0 Å². The van der Waals surface area contributed by atoms with Gasteiger partial charge in [-0.25, -0.2) is 4.39 Å². The summed E-state index contributed by atoms with van der Waals surface area (Å²) in [4.78, 5) is 0. The number of rotatable bonds is 9. The molecule has 3 rings (SSSR count). The van der Waals surface area contributed by atoms with Gasteiger partial charge in [-0.1, -0.05) is 63.3 Å². The zero-order valence-electron chi connectivity index (χ0n) is 19.8. The first kappa shape index (κ1) is 26.9. The number of unbranched alkanes of at least 4 members (excludes halogenated alkanes) is 1. The molecule has 1 aromatic carbocycles. The van der Waals surface area contributed by atoms with E-state index in [1.54, 1.807) is 0 Å². The van der Waals surface area contributed by atoms with E-state index in [0.717, 1.165) is 48.3 Å². The third-order valence-electron chi connectivity index (χ3n) is 7.62. The SMILES string of the molecule is CCCCC1CCC(C2CCC(/C=C/c3ccc(OC(F)(F)C(F)C(F)(F)F)cc3)CC2)CC1. The largest absolute Gasteiger partial charge is 0.439 e. The maximum absolute atomic E-state index is 13.4. The van der Waals surface area contributed by atoms with Crippen molar-refractivity contribution in [1.29, 1.82) is 0 Å². The number of benzene rings is 1. The first-order chi connectivity index (χ1) is 16.1. The highest BCUT2D eigenvalue weighted by atomic mass is 19.4. The van der Waals surface area contributed by atoms with Crippen molar-refractivity contribution in [3.63, 3.8) is 0 Å². The molecule has 1 nitrogen and oxygen atoms in total. The molecule has 1 unspecified atom stereocenters. The number of hydrogen-bond donors (Lipinski definition) is 0. The van der Waals surface area contributed by atoms with Gasteiger partial charge in [-0.3, -0.25) is 0 Å². The average molecular weight is 491 g/mol. The Balaban J connectivity index is 1.43. The summed E-state index contributed by atoms with van der Waals surface area (Å²) in [5, 5.41) is 0. The van der Waals surface area contributed by atoms with Crippen LogP contribution in [0.15, 0.2) is 30.3 Å². The van der Waals surface area contributed by atoms with Crippen LogP contribution in [0.3, 0.4) is 0 Å². The van der Waals surface area contributed by atoms with E-state index in [0.29, 0.717) is 5.92 Å². The summed E-state index contributed by atoms with van der Waals surface area (Å²) in [6, 6.07) is 5.21. The van der Waals surface area contributed by atoms with Gasteiger partial charge in [0.15, 0.2) is 0 Å². The quantitative estimate of drug-likeness (QED) is 0.313. The number of ether oxygens (including phenoxy) is 1. The van der Waals surface area contributed by atoms with Crippen LogP contribution in [-0.4, -0.2) is 18.5 Å². The molecular weight excluding hydrogens is 454 g/mol. The molecule has 2 aliphatic carbocycles. The number of hydrogen-bond acceptors (Lipinski definition) is 1. The predicted octanol–water partition coefficient (Wildman–Crippen LogP) is 9.37. The number of halogens is 6. The van der Waals surface area contributed by atoms with Crippen molar-refractivity contribution in [2.75, 3.05) is 0 Å². The van der Waals surface area contributed by atoms with Gasteiger partial charge in [-0.2, -0.15) is 22.0 Å². The van der Waals surface area contributed by atoms with Crippen LogP contribution < -0.4 is 4.74 Å². The summed E-state index contributed by atoms with van der Waals surface area (Å²) in [5.74, 6) is 2.58. The molecule has 2 aliphatic rings. The van der Waals surface area contributed by atoms with Gasteiger partial charge >= 0.3 is 12.3 Å². The highest BCUT2D eigenvalue weighted by Crippen LogP contribution is 2.42. The highest BCUT2D eigenvalue weighted by Gasteiger charge is 2.59. The fraction of sp³-hybridized carbons (Fsp3) is 0.704. The molecule has 0 bridgehead atoms. The van der Waals surface area contributed by atoms with Crippen molar-refractivity contribution in [3.8, 4) is 5.75 Å². The standard InChI is InChI=1S/C27H36F6O/c1-2-3-4-19-7-13-22(14-8-19)23-15-9-20(10-16-23)5-6-21-11-17-24(18-12-21)34-27(32,33)25(28)26(29,30)31/h5-6,11-12,17-20,22-23,25H,2-4,7-10,13-16H2,1H3/b6-5+. The maximum atomic E-state index is 13.4. The molecule has 34 heavy (non-hydrogen) atoms. The average Bonchev–Trinajstić information content (AvgIpc) is 2.82. The first-order valence-corrected chi connectivity index (χ1v) is 12.6. The Morgan fingerprint density at radius 2 is 1.44 bits per heavy atom. The van der Waals surface area contributed by atoms with E-state index in [-0.39, 0.29) is 0 Å². The normalized spacial score (nSPS) is 27.6. The lowest BCUT2D eigenvalue weighted by Crippen LogP contribution is -2.45. The summed E-state index contributed by atoms with van der Waals surface area (Å²) < 4.78 is 80.4. The Kier molecular flexibility index (Phi) is 9.39. The van der Waals surface area contributed by atoms with Gasteiger partial charge in [0.2, 0.25) is 0 Å². The molecule has 0 aliphatic heterocycles. The molecule has 0 N–H and O–H groups in total. The Morgan fingerprint density at radius 3 is 1.97 bits per heavy atom. The van der Waals surface area contributed by atoms with Crippen LogP contribution in [-0.2, 0) is 0 Å². The molecule has 192 valence electrons. The van der Waals surface area contributed by atoms with Gasteiger partial charge in [-0.05, 0) is 79.9 Å². The van der Waals surface area contributed by atoms with Gasteiger partial charge in [0.25, 0.3) is 6.17 Å². The number of allylic oxidation sites excluding steroid dienone is 1. The van der Waals surface area contributed by atoms with Crippen LogP contribution in [0.25, 0.3) is 6.08 Å². The van der Waals surface area contributed by atoms with Crippen LogP contribution in [0.5, 0.6) is 5.75 Å². The molecule has 0 spiro atoms. The Labute approximate surface area is 199 Å². The summed E-state index contributed by atoms with van der Waals surface area (Å²) in [7, 11) is 0. The second-order valence-electron chi connectivity index (χ2n) is 10.1. The summed E-state index contributed by atoms with van der Waals surface area (Å²) in [6.07, 6.45) is 3.28. The second-order valence-corrected chi connectivity index (χ2v) is 10.1. The van der Waals surface area contributed by atoms with Crippen LogP contribution in [0, 0.1) is 23.7 Å². The molecule has 2 fully saturated rings. The molecule has 0 aromatic heterocycles. The summed E-state index contributed by atoms with van der Waals surface area (Å²) >= 11 is 0. The van der Waals surface area contributed by atoms with Gasteiger partial charge < -0.3 is 4.74 Å². The van der Waals surface area contributed by atoms with Gasteiger partial charge in [0.1, 0.15) is 5.75 Å². The fourth-order valence-electron chi connectivity index (χ4n) is 5.54. The smallest absolute Gasteiger partial charge is 0.430 e. The highest BCUT2D eigenvalue weighted by molar-refractivity contribution is 5.50. The van der Waals surface area contributed by atoms with Crippen molar-refractivity contribution in [3.05, 3.63) is 35.9 Å². The van der Waals surface area contributed by atoms with Crippen LogP contribution in [0.2, 0.25) is 0 Å². The van der Waals surface area contributed by atoms with E-state index in [2.05, 4.69) is 17.7 Å². The van der Waals surface area contributed by atoms with E-state index in [1.807, 2.05) is 6.08 Å². The molecule has 0 amide bonds. The Hall–Kier alpha value is -1.66. The van der Waals surface area contributed by atoms with Crippen molar-refractivity contribution < 1.29 is 31.1 Å². The second kappa shape index (κ2) is 11.9. The molecule has 0 heterocycles. The van der Waals surface area contributed by atoms with E-state index in [1.165, 1.54) is 69.9 Å². The molecule has 1 aromatic rings. The third-order valence-corrected chi connectivity index (χ3v) is 7.62. The van der Waals surface area contributed by atoms with Crippen LogP contribution in [0.1, 0.15) is 83.1 Å². The zero-order chi connectivity index (χ0) is 24.8. The van der Waals surface area contributed by atoms with E-state index >= 15 is 0 Å². The third kappa shape index (κ3) is 7.67. The minimum absolute atomic E-state index is 0.469. The first-order valence-electron chi connectivity index (χ1n) is 12.6. The Morgan fingerprint density at radius 1 is 0.882 bits per heavy atom. The molecule has 0 radical (unpaired) electrons. The van der Waals surface area contributed by atoms with Gasteiger partial charge in [0.05, 0.1) is 0 Å². The lowest BCUT2D eigenvalue weighted by Gasteiger charge is -2.37. The Bertz CT molecular complexity index is 756. The molecule has 7 heteroatoms. The molecule has 0 saturated heterocycles. The lowest BCUT2D eigenvalue weighted by atomic mass is 9.68. The monoisotopic (exact) mass is 490 g/mol. The van der Waals surface area contributed by atoms with Crippen molar-refractivity contribution in [2.24, 2.45) is 23.7 Å². The van der Waals surface area contributed by atoms with E-state index < -0.39 is 24.2 Å². The molecule has 2 saturated carbocycles. The van der Waals surface area contributed by atoms with E-state index in [9.17, 15) is 26.3 Å². The maximum Gasteiger partial charge on any atom is 0.439 e. The lowest BCUT2D eigenvalue weighted by molar-refractivity contribution is -0.304. The van der Waals surface area contributed by atoms with E-state index in [4.69, 9.17) is 0 Å². The summed E-state index contributed by atoms with van der Waals surface area (Å²) in [5.41, 5.74) is 0.732.